The van der Waals surface area contributed by atoms with Gasteiger partial charge in [0.25, 0.3) is 6.71 Å². The fourth-order valence-corrected chi connectivity index (χ4v) is 18.0. The van der Waals surface area contributed by atoms with Crippen LogP contribution in [0.5, 0.6) is 0 Å². The highest BCUT2D eigenvalue weighted by atomic mass is 15.3. The largest absolute Gasteiger partial charge is 0.335 e. The molecule has 83 heavy (non-hydrogen) atoms. The number of hydrogen-bond acceptors (Lipinski definition) is 3. The molecule has 4 unspecified atom stereocenters. The van der Waals surface area contributed by atoms with Crippen LogP contribution in [0.1, 0.15) is 194 Å². The van der Waals surface area contributed by atoms with Crippen LogP contribution in [-0.2, 0) is 32.5 Å². The zero-order valence-electron chi connectivity index (χ0n) is 52.5. The number of hydrogen-bond donors (Lipinski definition) is 0. The highest BCUT2D eigenvalue weighted by Gasteiger charge is 2.63. The minimum atomic E-state index is -0.278. The van der Waals surface area contributed by atoms with Gasteiger partial charge in [0, 0.05) is 55.9 Å². The van der Waals surface area contributed by atoms with E-state index in [1.54, 1.807) is 5.56 Å². The zero-order chi connectivity index (χ0) is 57.9. The molecule has 4 aliphatic heterocycles. The molecule has 0 bridgehead atoms. The van der Waals surface area contributed by atoms with E-state index in [9.17, 15) is 0 Å². The van der Waals surface area contributed by atoms with Crippen LogP contribution in [0.2, 0.25) is 0 Å². The van der Waals surface area contributed by atoms with Crippen LogP contribution >= 0.6 is 0 Å². The second-order valence-corrected chi connectivity index (χ2v) is 31.2. The minimum Gasteiger partial charge on any atom is -0.335 e. The third-order valence-corrected chi connectivity index (χ3v) is 23.2. The first-order valence-corrected chi connectivity index (χ1v) is 31.8. The van der Waals surface area contributed by atoms with E-state index in [2.05, 4.69) is 270 Å². The van der Waals surface area contributed by atoms with E-state index in [-0.39, 0.29) is 50.3 Å². The van der Waals surface area contributed by atoms with E-state index >= 15 is 0 Å². The molecule has 0 radical (unpaired) electrons. The lowest BCUT2D eigenvalue weighted by Gasteiger charge is -2.54. The van der Waals surface area contributed by atoms with E-state index in [0.717, 1.165) is 12.8 Å². The summed E-state index contributed by atoms with van der Waals surface area (Å²) in [6.45, 7) is 37.3. The molecule has 4 heteroatoms. The Labute approximate surface area is 497 Å². The van der Waals surface area contributed by atoms with Crippen molar-refractivity contribution in [3.05, 3.63) is 191 Å². The summed E-state index contributed by atoms with van der Waals surface area (Å²) in [6.07, 6.45) is 9.58. The van der Waals surface area contributed by atoms with E-state index < -0.39 is 0 Å². The number of anilines is 7. The monoisotopic (exact) mass is 1090 g/mol. The summed E-state index contributed by atoms with van der Waals surface area (Å²) >= 11 is 0. The first kappa shape index (κ1) is 53.0. The third-order valence-electron chi connectivity index (χ3n) is 23.2. The quantitative estimate of drug-likeness (QED) is 0.163. The SMILES string of the molecule is CC(C)(C)c1ccc(N2c3cc(N4c5ccc(-c6ccccc6)cc5C5(C)CCCCC45C)cc4c3B(c3cc(C(C)(C)C)cc5c3N4C3(C)CCCCC53C)c3c2ccc2c3C(C)(C)c3ccc(C(C)(C)C)cc3-2)c(-c2ccccc2)c1. The molecule has 3 aliphatic carbocycles. The Morgan fingerprint density at radius 2 is 0.940 bits per heavy atom. The number of nitrogens with zero attached hydrogens (tertiary/aromatic N) is 3. The van der Waals surface area contributed by atoms with Gasteiger partial charge >= 0.3 is 0 Å². The molecule has 0 spiro atoms. The van der Waals surface area contributed by atoms with E-state index in [0.29, 0.717) is 0 Å². The van der Waals surface area contributed by atoms with Crippen molar-refractivity contribution in [2.45, 2.75) is 199 Å². The summed E-state index contributed by atoms with van der Waals surface area (Å²) in [5.41, 5.74) is 31.2. The lowest BCUT2D eigenvalue weighted by molar-refractivity contribution is 0.194. The van der Waals surface area contributed by atoms with Gasteiger partial charge in [0.1, 0.15) is 0 Å². The molecule has 0 amide bonds. The minimum absolute atomic E-state index is 0.0154. The second-order valence-electron chi connectivity index (χ2n) is 31.2. The molecular weight excluding hydrogens is 1000 g/mol. The van der Waals surface area contributed by atoms with Gasteiger partial charge < -0.3 is 14.7 Å². The van der Waals surface area contributed by atoms with Gasteiger partial charge in [0.05, 0.1) is 16.8 Å². The van der Waals surface area contributed by atoms with Crippen molar-refractivity contribution >= 4 is 62.9 Å². The van der Waals surface area contributed by atoms with Crippen LogP contribution in [-0.4, -0.2) is 17.8 Å². The molecular formula is C79H86BN3. The Bertz CT molecular complexity index is 4050. The summed E-state index contributed by atoms with van der Waals surface area (Å²) in [4.78, 5) is 8.70. The first-order chi connectivity index (χ1) is 39.3. The van der Waals surface area contributed by atoms with E-state index in [4.69, 9.17) is 0 Å². The van der Waals surface area contributed by atoms with E-state index in [1.807, 2.05) is 0 Å². The molecule has 8 aromatic carbocycles. The van der Waals surface area contributed by atoms with Crippen LogP contribution < -0.4 is 31.1 Å². The molecule has 2 saturated carbocycles. The van der Waals surface area contributed by atoms with Gasteiger partial charge in [-0.25, -0.2) is 0 Å². The van der Waals surface area contributed by atoms with Crippen molar-refractivity contribution in [2.75, 3.05) is 14.7 Å². The lowest BCUT2D eigenvalue weighted by atomic mass is 9.32. The average molecular weight is 1090 g/mol. The van der Waals surface area contributed by atoms with Crippen LogP contribution in [0.3, 0.4) is 0 Å². The predicted octanol–water partition coefficient (Wildman–Crippen LogP) is 19.3. The van der Waals surface area contributed by atoms with Crippen molar-refractivity contribution in [2.24, 2.45) is 0 Å². The highest BCUT2D eigenvalue weighted by Crippen LogP contribution is 2.66. The van der Waals surface area contributed by atoms with E-state index in [1.165, 1.54) is 161 Å². The van der Waals surface area contributed by atoms with Crippen LogP contribution in [0, 0.1) is 0 Å². The van der Waals surface area contributed by atoms with Gasteiger partial charge in [0.2, 0.25) is 0 Å². The summed E-state index contributed by atoms with van der Waals surface area (Å²) < 4.78 is 0. The molecule has 2 fully saturated rings. The zero-order valence-corrected chi connectivity index (χ0v) is 52.5. The Morgan fingerprint density at radius 1 is 0.386 bits per heavy atom. The molecule has 4 atom stereocenters. The molecule has 8 aromatic rings. The summed E-state index contributed by atoms with van der Waals surface area (Å²) in [6, 6.07) is 60.9. The topological polar surface area (TPSA) is 9.72 Å². The summed E-state index contributed by atoms with van der Waals surface area (Å²) in [5, 5.41) is 0. The first-order valence-electron chi connectivity index (χ1n) is 31.8. The maximum atomic E-state index is 3.00. The van der Waals surface area contributed by atoms with Gasteiger partial charge in [-0.2, -0.15) is 0 Å². The molecule has 15 rings (SSSR count). The summed E-state index contributed by atoms with van der Waals surface area (Å²) in [7, 11) is 0. The number of fused-ring (bicyclic) bond motifs is 14. The standard InChI is InChI=1S/C79H86BN3/c1-72(2,3)52-31-34-59-58(44-52)56-33-37-65-70(68(56)75(59,10)11)80-62-46-54(74(7,8)9)45-61-71(62)83(79(15)41-25-23-39-77(61,79)13)67-48-55(47-66(69(67)80)81(65)63-36-32-53(73(4,5)6)43-57(63)50-28-20-17-21-29-50)82-64-35-30-51(49-26-18-16-19-27-49)42-60(64)76(12)38-22-24-40-78(76,82)14/h16-21,26-37,42-48H,22-25,38-41H2,1-15H3. The van der Waals surface area contributed by atoms with Crippen LogP contribution in [0.25, 0.3) is 33.4 Å². The Hall–Kier alpha value is -6.78. The smallest absolute Gasteiger partial charge is 0.252 e. The van der Waals surface area contributed by atoms with Gasteiger partial charge in [0.15, 0.2) is 0 Å². The van der Waals surface area contributed by atoms with Crippen molar-refractivity contribution in [1.29, 1.82) is 0 Å². The van der Waals surface area contributed by atoms with Crippen molar-refractivity contribution in [3.8, 4) is 33.4 Å². The van der Waals surface area contributed by atoms with Gasteiger partial charge in [-0.3, -0.25) is 0 Å². The molecule has 0 saturated heterocycles. The number of rotatable bonds is 4. The fraction of sp³-hybridized carbons (Fsp3) is 0.392. The molecule has 0 aromatic heterocycles. The van der Waals surface area contributed by atoms with Crippen molar-refractivity contribution < 1.29 is 0 Å². The predicted molar refractivity (Wildman–Crippen MR) is 356 cm³/mol. The van der Waals surface area contributed by atoms with Crippen LogP contribution in [0.15, 0.2) is 152 Å². The Kier molecular flexibility index (Phi) is 11.0. The van der Waals surface area contributed by atoms with Crippen molar-refractivity contribution in [1.82, 2.24) is 0 Å². The van der Waals surface area contributed by atoms with Gasteiger partial charge in [-0.15, -0.1) is 0 Å². The average Bonchev–Trinajstić information content (AvgIpc) is 1.67. The Balaban J connectivity index is 1.11. The van der Waals surface area contributed by atoms with Crippen LogP contribution in [0.4, 0.5) is 39.8 Å². The molecule has 4 heterocycles. The fourth-order valence-electron chi connectivity index (χ4n) is 18.0. The normalized spacial score (nSPS) is 24.1. The molecule has 7 aliphatic rings. The number of benzene rings is 8. The lowest BCUT2D eigenvalue weighted by Crippen LogP contribution is -2.65. The maximum absolute atomic E-state index is 3.00. The highest BCUT2D eigenvalue weighted by molar-refractivity contribution is 7.00. The third kappa shape index (κ3) is 7.05. The maximum Gasteiger partial charge on any atom is 0.252 e. The molecule has 0 N–H and O–H groups in total. The van der Waals surface area contributed by atoms with Gasteiger partial charge in [-0.05, 0) is 181 Å². The second kappa shape index (κ2) is 17.2. The summed E-state index contributed by atoms with van der Waals surface area (Å²) in [5.74, 6) is 0. The van der Waals surface area contributed by atoms with Gasteiger partial charge in [-0.1, -0.05) is 225 Å². The van der Waals surface area contributed by atoms with Crippen molar-refractivity contribution in [3.63, 3.8) is 0 Å². The molecule has 3 nitrogen and oxygen atoms in total. The molecule has 420 valence electrons. The Morgan fingerprint density at radius 3 is 1.59 bits per heavy atom.